The molecule has 1 aromatic rings. The van der Waals surface area contributed by atoms with Crippen LogP contribution >= 0.6 is 0 Å². The van der Waals surface area contributed by atoms with Gasteiger partial charge in [0.25, 0.3) is 0 Å². The molecule has 1 aliphatic rings. The van der Waals surface area contributed by atoms with Crippen LogP contribution in [-0.2, 0) is 9.53 Å². The van der Waals surface area contributed by atoms with Crippen molar-refractivity contribution >= 4 is 5.78 Å². The maximum absolute atomic E-state index is 11.7. The van der Waals surface area contributed by atoms with Gasteiger partial charge >= 0.3 is 0 Å². The summed E-state index contributed by atoms with van der Waals surface area (Å²) in [4.78, 5) is 11.7. The van der Waals surface area contributed by atoms with Crippen LogP contribution in [0.2, 0.25) is 0 Å². The fourth-order valence-corrected chi connectivity index (χ4v) is 2.61. The van der Waals surface area contributed by atoms with Crippen LogP contribution in [0.15, 0.2) is 30.3 Å². The van der Waals surface area contributed by atoms with Crippen LogP contribution in [0.4, 0.5) is 0 Å². The fraction of sp³-hybridized carbons (Fsp3) is 0.533. The standard InChI is InChI=1S/C15H20O2/c1-10(2)15-13(11(3)16)9-14(17-15)12-7-5-4-6-8-12/h4-8,10,13-15H,9H2,1-3H3. The third kappa shape index (κ3) is 2.58. The first kappa shape index (κ1) is 12.3. The van der Waals surface area contributed by atoms with Crippen molar-refractivity contribution in [3.63, 3.8) is 0 Å². The molecule has 0 spiro atoms. The molecule has 0 bridgehead atoms. The molecule has 2 rings (SSSR count). The zero-order valence-corrected chi connectivity index (χ0v) is 10.7. The lowest BCUT2D eigenvalue weighted by atomic mass is 9.88. The highest BCUT2D eigenvalue weighted by molar-refractivity contribution is 5.79. The number of carbonyl (C=O) groups excluding carboxylic acids is 1. The lowest BCUT2D eigenvalue weighted by Crippen LogP contribution is -2.27. The van der Waals surface area contributed by atoms with Gasteiger partial charge < -0.3 is 4.74 Å². The third-order valence-corrected chi connectivity index (χ3v) is 3.54. The first-order valence-electron chi connectivity index (χ1n) is 6.30. The Labute approximate surface area is 103 Å². The quantitative estimate of drug-likeness (QED) is 0.798. The van der Waals surface area contributed by atoms with Gasteiger partial charge in [0, 0.05) is 5.92 Å². The highest BCUT2D eigenvalue weighted by atomic mass is 16.5. The van der Waals surface area contributed by atoms with E-state index in [0.29, 0.717) is 5.92 Å². The molecule has 2 heteroatoms. The van der Waals surface area contributed by atoms with Crippen LogP contribution < -0.4 is 0 Å². The Kier molecular flexibility index (Phi) is 3.63. The first-order valence-corrected chi connectivity index (χ1v) is 6.30. The van der Waals surface area contributed by atoms with Crippen molar-refractivity contribution in [3.05, 3.63) is 35.9 Å². The van der Waals surface area contributed by atoms with Crippen LogP contribution in [0, 0.1) is 11.8 Å². The van der Waals surface area contributed by atoms with E-state index in [1.807, 2.05) is 18.2 Å². The van der Waals surface area contributed by atoms with Gasteiger partial charge in [0.2, 0.25) is 0 Å². The van der Waals surface area contributed by atoms with Crippen molar-refractivity contribution < 1.29 is 9.53 Å². The van der Waals surface area contributed by atoms with Crippen LogP contribution in [0.5, 0.6) is 0 Å². The van der Waals surface area contributed by atoms with Gasteiger partial charge in [-0.1, -0.05) is 44.2 Å². The van der Waals surface area contributed by atoms with E-state index >= 15 is 0 Å². The second kappa shape index (κ2) is 5.01. The SMILES string of the molecule is CC(=O)C1CC(c2ccccc2)OC1C(C)C. The molecule has 1 fully saturated rings. The van der Waals surface area contributed by atoms with E-state index < -0.39 is 0 Å². The Morgan fingerprint density at radius 2 is 1.94 bits per heavy atom. The molecule has 1 heterocycles. The minimum Gasteiger partial charge on any atom is -0.369 e. The molecule has 0 aliphatic carbocycles. The van der Waals surface area contributed by atoms with Crippen LogP contribution in [-0.4, -0.2) is 11.9 Å². The van der Waals surface area contributed by atoms with Gasteiger partial charge in [-0.2, -0.15) is 0 Å². The minimum absolute atomic E-state index is 0.0557. The number of rotatable bonds is 3. The molecule has 2 nitrogen and oxygen atoms in total. The predicted octanol–water partition coefficient (Wildman–Crippen LogP) is 3.38. The molecule has 0 saturated carbocycles. The smallest absolute Gasteiger partial charge is 0.135 e. The minimum atomic E-state index is 0.0557. The van der Waals surface area contributed by atoms with Crippen molar-refractivity contribution in [3.8, 4) is 0 Å². The number of hydrogen-bond donors (Lipinski definition) is 0. The number of ketones is 1. The second-order valence-corrected chi connectivity index (χ2v) is 5.20. The molecular weight excluding hydrogens is 212 g/mol. The lowest BCUT2D eigenvalue weighted by Gasteiger charge is -2.20. The Hall–Kier alpha value is -1.15. The van der Waals surface area contributed by atoms with Gasteiger partial charge in [0.1, 0.15) is 5.78 Å². The highest BCUT2D eigenvalue weighted by Gasteiger charge is 2.39. The van der Waals surface area contributed by atoms with Crippen molar-refractivity contribution in [2.75, 3.05) is 0 Å². The summed E-state index contributed by atoms with van der Waals surface area (Å²) >= 11 is 0. The van der Waals surface area contributed by atoms with Crippen LogP contribution in [0.25, 0.3) is 0 Å². The number of ether oxygens (including phenoxy) is 1. The van der Waals surface area contributed by atoms with E-state index in [0.717, 1.165) is 6.42 Å². The molecule has 0 N–H and O–H groups in total. The van der Waals surface area contributed by atoms with Gasteiger partial charge in [0.15, 0.2) is 0 Å². The Morgan fingerprint density at radius 3 is 2.41 bits per heavy atom. The Balaban J connectivity index is 2.17. The van der Waals surface area contributed by atoms with E-state index in [1.54, 1.807) is 6.92 Å². The number of carbonyl (C=O) groups is 1. The Bertz CT molecular complexity index is 383. The zero-order valence-electron chi connectivity index (χ0n) is 10.7. The van der Waals surface area contributed by atoms with Gasteiger partial charge in [-0.05, 0) is 24.8 Å². The average molecular weight is 232 g/mol. The number of hydrogen-bond acceptors (Lipinski definition) is 2. The molecular formula is C15H20O2. The summed E-state index contributed by atoms with van der Waals surface area (Å²) in [6, 6.07) is 10.2. The topological polar surface area (TPSA) is 26.3 Å². The summed E-state index contributed by atoms with van der Waals surface area (Å²) in [6.45, 7) is 5.92. The van der Waals surface area contributed by atoms with Crippen LogP contribution in [0.1, 0.15) is 38.9 Å². The zero-order chi connectivity index (χ0) is 12.4. The van der Waals surface area contributed by atoms with Crippen molar-refractivity contribution in [2.45, 2.75) is 39.4 Å². The molecule has 1 aliphatic heterocycles. The summed E-state index contributed by atoms with van der Waals surface area (Å²) in [5, 5.41) is 0. The van der Waals surface area contributed by atoms with E-state index in [9.17, 15) is 4.79 Å². The van der Waals surface area contributed by atoms with Crippen molar-refractivity contribution in [1.82, 2.24) is 0 Å². The van der Waals surface area contributed by atoms with E-state index in [2.05, 4.69) is 26.0 Å². The van der Waals surface area contributed by atoms with Gasteiger partial charge in [-0.15, -0.1) is 0 Å². The molecule has 92 valence electrons. The summed E-state index contributed by atoms with van der Waals surface area (Å²) < 4.78 is 6.06. The van der Waals surface area contributed by atoms with E-state index in [-0.39, 0.29) is 23.9 Å². The van der Waals surface area contributed by atoms with Gasteiger partial charge in [-0.25, -0.2) is 0 Å². The predicted molar refractivity (Wildman–Crippen MR) is 67.7 cm³/mol. The summed E-state index contributed by atoms with van der Waals surface area (Å²) in [6.07, 6.45) is 0.970. The maximum Gasteiger partial charge on any atom is 0.135 e. The van der Waals surface area contributed by atoms with E-state index in [4.69, 9.17) is 4.74 Å². The molecule has 1 aromatic carbocycles. The highest BCUT2D eigenvalue weighted by Crippen LogP contribution is 2.40. The molecule has 3 unspecified atom stereocenters. The molecule has 3 atom stereocenters. The van der Waals surface area contributed by atoms with E-state index in [1.165, 1.54) is 5.56 Å². The van der Waals surface area contributed by atoms with Crippen molar-refractivity contribution in [1.29, 1.82) is 0 Å². The first-order chi connectivity index (χ1) is 8.09. The molecule has 17 heavy (non-hydrogen) atoms. The van der Waals surface area contributed by atoms with Gasteiger partial charge in [-0.3, -0.25) is 4.79 Å². The fourth-order valence-electron chi connectivity index (χ4n) is 2.61. The summed E-state index contributed by atoms with van der Waals surface area (Å²) in [7, 11) is 0. The van der Waals surface area contributed by atoms with Crippen LogP contribution in [0.3, 0.4) is 0 Å². The monoisotopic (exact) mass is 232 g/mol. The Morgan fingerprint density at radius 1 is 1.29 bits per heavy atom. The summed E-state index contributed by atoms with van der Waals surface area (Å²) in [5.74, 6) is 0.694. The molecule has 0 radical (unpaired) electrons. The molecule has 0 aromatic heterocycles. The molecule has 0 amide bonds. The van der Waals surface area contributed by atoms with Gasteiger partial charge in [0.05, 0.1) is 12.2 Å². The lowest BCUT2D eigenvalue weighted by molar-refractivity contribution is -0.123. The summed E-state index contributed by atoms with van der Waals surface area (Å²) in [5.41, 5.74) is 1.18. The second-order valence-electron chi connectivity index (χ2n) is 5.20. The molecule has 1 saturated heterocycles. The normalized spacial score (nSPS) is 28.6. The number of Topliss-reactive ketones (excluding diaryl/α,β-unsaturated/α-hetero) is 1. The van der Waals surface area contributed by atoms with Crippen molar-refractivity contribution in [2.24, 2.45) is 11.8 Å². The average Bonchev–Trinajstić information content (AvgIpc) is 2.75. The third-order valence-electron chi connectivity index (χ3n) is 3.54. The maximum atomic E-state index is 11.7. The largest absolute Gasteiger partial charge is 0.369 e. The number of benzene rings is 1.